The number of hydrogen-bond acceptors (Lipinski definition) is 3. The molecular formula is C8H13NO3. The first kappa shape index (κ1) is 8.01. The summed E-state index contributed by atoms with van der Waals surface area (Å²) in [7, 11) is 0. The molecule has 12 heavy (non-hydrogen) atoms. The molecule has 0 aromatic heterocycles. The number of likely N-dealkylation sites (tertiary alicyclic amines) is 1. The lowest BCUT2D eigenvalue weighted by atomic mass is 10.1. The smallest absolute Gasteiger partial charge is 0.209 e. The van der Waals surface area contributed by atoms with E-state index in [4.69, 9.17) is 9.47 Å². The van der Waals surface area contributed by atoms with E-state index in [2.05, 4.69) is 0 Å². The molecule has 2 heterocycles. The van der Waals surface area contributed by atoms with E-state index in [9.17, 15) is 4.79 Å². The van der Waals surface area contributed by atoms with Crippen molar-refractivity contribution in [3.05, 3.63) is 0 Å². The van der Waals surface area contributed by atoms with Crippen molar-refractivity contribution in [2.24, 2.45) is 0 Å². The van der Waals surface area contributed by atoms with E-state index in [0.29, 0.717) is 19.8 Å². The highest BCUT2D eigenvalue weighted by atomic mass is 16.7. The summed E-state index contributed by atoms with van der Waals surface area (Å²) in [5.74, 6) is -0.459. The molecule has 2 rings (SSSR count). The number of amides is 1. The van der Waals surface area contributed by atoms with E-state index in [1.807, 2.05) is 0 Å². The molecule has 0 aliphatic carbocycles. The van der Waals surface area contributed by atoms with Crippen molar-refractivity contribution in [2.75, 3.05) is 26.3 Å². The molecule has 0 atom stereocenters. The summed E-state index contributed by atoms with van der Waals surface area (Å²) in [6.07, 6.45) is 2.75. The van der Waals surface area contributed by atoms with Gasteiger partial charge < -0.3 is 14.4 Å². The zero-order chi connectivity index (χ0) is 8.44. The van der Waals surface area contributed by atoms with E-state index >= 15 is 0 Å². The number of piperidine rings is 1. The summed E-state index contributed by atoms with van der Waals surface area (Å²) in [4.78, 5) is 12.2. The molecule has 0 radical (unpaired) electrons. The van der Waals surface area contributed by atoms with Gasteiger partial charge in [0.25, 0.3) is 0 Å². The summed E-state index contributed by atoms with van der Waals surface area (Å²) in [5, 5.41) is 0. The molecule has 0 saturated carbocycles. The van der Waals surface area contributed by atoms with Crippen molar-refractivity contribution in [3.8, 4) is 0 Å². The Bertz CT molecular complexity index is 177. The van der Waals surface area contributed by atoms with Crippen LogP contribution in [-0.2, 0) is 14.3 Å². The molecule has 0 aromatic carbocycles. The third kappa shape index (κ3) is 1.32. The highest BCUT2D eigenvalue weighted by Crippen LogP contribution is 2.29. The first-order valence-electron chi connectivity index (χ1n) is 4.32. The molecule has 2 saturated heterocycles. The normalized spacial score (nSPS) is 27.8. The molecule has 2 aliphatic rings. The van der Waals surface area contributed by atoms with Crippen molar-refractivity contribution < 1.29 is 14.3 Å². The standard InChI is InChI=1S/C8H13NO3/c10-7-9-3-1-2-8(6-9)11-4-5-12-8/h7H,1-6H2. The topological polar surface area (TPSA) is 38.8 Å². The van der Waals surface area contributed by atoms with Crippen LogP contribution < -0.4 is 0 Å². The molecule has 4 heteroatoms. The highest BCUT2D eigenvalue weighted by molar-refractivity contribution is 5.47. The van der Waals surface area contributed by atoms with E-state index in [1.165, 1.54) is 0 Å². The number of nitrogens with zero attached hydrogens (tertiary/aromatic N) is 1. The largest absolute Gasteiger partial charge is 0.346 e. The monoisotopic (exact) mass is 171 g/mol. The fourth-order valence-corrected chi connectivity index (χ4v) is 1.84. The highest BCUT2D eigenvalue weighted by Gasteiger charge is 2.40. The van der Waals surface area contributed by atoms with Gasteiger partial charge in [0.2, 0.25) is 6.41 Å². The SMILES string of the molecule is O=CN1CCCC2(C1)OCCO2. The van der Waals surface area contributed by atoms with Crippen LogP contribution in [0.15, 0.2) is 0 Å². The lowest BCUT2D eigenvalue weighted by Crippen LogP contribution is -2.48. The molecular weight excluding hydrogens is 158 g/mol. The Kier molecular flexibility index (Phi) is 2.02. The van der Waals surface area contributed by atoms with Crippen molar-refractivity contribution >= 4 is 6.41 Å². The first-order valence-corrected chi connectivity index (χ1v) is 4.32. The van der Waals surface area contributed by atoms with Crippen LogP contribution in [0.3, 0.4) is 0 Å². The molecule has 0 bridgehead atoms. The Balaban J connectivity index is 2.01. The van der Waals surface area contributed by atoms with Crippen LogP contribution in [0.1, 0.15) is 12.8 Å². The van der Waals surface area contributed by atoms with Gasteiger partial charge in [-0.2, -0.15) is 0 Å². The maximum absolute atomic E-state index is 10.5. The second-order valence-corrected chi connectivity index (χ2v) is 3.29. The predicted molar refractivity (Wildman–Crippen MR) is 41.5 cm³/mol. The molecule has 2 fully saturated rings. The van der Waals surface area contributed by atoms with Crippen molar-refractivity contribution in [1.29, 1.82) is 0 Å². The van der Waals surface area contributed by atoms with Gasteiger partial charge in [0.05, 0.1) is 19.8 Å². The van der Waals surface area contributed by atoms with Crippen molar-refractivity contribution in [3.63, 3.8) is 0 Å². The Morgan fingerprint density at radius 2 is 2.08 bits per heavy atom. The van der Waals surface area contributed by atoms with Crippen LogP contribution in [0, 0.1) is 0 Å². The van der Waals surface area contributed by atoms with Gasteiger partial charge >= 0.3 is 0 Å². The van der Waals surface area contributed by atoms with Gasteiger partial charge in [-0.15, -0.1) is 0 Å². The van der Waals surface area contributed by atoms with Gasteiger partial charge in [0.15, 0.2) is 5.79 Å². The van der Waals surface area contributed by atoms with Crippen LogP contribution in [0.5, 0.6) is 0 Å². The summed E-state index contributed by atoms with van der Waals surface area (Å²) in [6.45, 7) is 2.74. The zero-order valence-corrected chi connectivity index (χ0v) is 6.99. The van der Waals surface area contributed by atoms with Gasteiger partial charge in [-0.1, -0.05) is 0 Å². The fourth-order valence-electron chi connectivity index (χ4n) is 1.84. The number of hydrogen-bond donors (Lipinski definition) is 0. The van der Waals surface area contributed by atoms with E-state index in [-0.39, 0.29) is 0 Å². The van der Waals surface area contributed by atoms with Gasteiger partial charge in [0, 0.05) is 13.0 Å². The molecule has 1 amide bonds. The summed E-state index contributed by atoms with van der Waals surface area (Å²) >= 11 is 0. The number of carbonyl (C=O) groups excluding carboxylic acids is 1. The average molecular weight is 171 g/mol. The van der Waals surface area contributed by atoms with Crippen molar-refractivity contribution in [2.45, 2.75) is 18.6 Å². The number of ether oxygens (including phenoxy) is 2. The fraction of sp³-hybridized carbons (Fsp3) is 0.875. The van der Waals surface area contributed by atoms with Crippen LogP contribution in [0.2, 0.25) is 0 Å². The quantitative estimate of drug-likeness (QED) is 0.520. The summed E-state index contributed by atoms with van der Waals surface area (Å²) in [5.41, 5.74) is 0. The zero-order valence-electron chi connectivity index (χ0n) is 6.99. The van der Waals surface area contributed by atoms with Gasteiger partial charge in [-0.25, -0.2) is 0 Å². The Morgan fingerprint density at radius 3 is 2.75 bits per heavy atom. The van der Waals surface area contributed by atoms with E-state index < -0.39 is 5.79 Å². The minimum absolute atomic E-state index is 0.459. The number of carbonyl (C=O) groups is 1. The lowest BCUT2D eigenvalue weighted by molar-refractivity contribution is -0.189. The summed E-state index contributed by atoms with van der Waals surface area (Å²) in [6, 6.07) is 0. The first-order chi connectivity index (χ1) is 5.85. The van der Waals surface area contributed by atoms with Gasteiger partial charge in [-0.3, -0.25) is 4.79 Å². The maximum atomic E-state index is 10.5. The molecule has 0 N–H and O–H groups in total. The molecule has 4 nitrogen and oxygen atoms in total. The Hall–Kier alpha value is -0.610. The second kappa shape index (κ2) is 3.03. The Labute approximate surface area is 71.4 Å². The van der Waals surface area contributed by atoms with Gasteiger partial charge in [-0.05, 0) is 6.42 Å². The van der Waals surface area contributed by atoms with E-state index in [0.717, 1.165) is 25.8 Å². The molecule has 0 aromatic rings. The third-order valence-corrected chi connectivity index (χ3v) is 2.41. The minimum Gasteiger partial charge on any atom is -0.346 e. The van der Waals surface area contributed by atoms with E-state index in [1.54, 1.807) is 4.90 Å². The van der Waals surface area contributed by atoms with Crippen LogP contribution in [0.4, 0.5) is 0 Å². The maximum Gasteiger partial charge on any atom is 0.209 e. The minimum atomic E-state index is -0.459. The molecule has 2 aliphatic heterocycles. The second-order valence-electron chi connectivity index (χ2n) is 3.29. The average Bonchev–Trinajstić information content (AvgIpc) is 2.53. The predicted octanol–water partition coefficient (Wildman–Crippen LogP) is -0.0183. The van der Waals surface area contributed by atoms with Gasteiger partial charge in [0.1, 0.15) is 0 Å². The number of rotatable bonds is 1. The van der Waals surface area contributed by atoms with Crippen molar-refractivity contribution in [1.82, 2.24) is 4.90 Å². The molecule has 1 spiro atoms. The van der Waals surface area contributed by atoms with Crippen LogP contribution >= 0.6 is 0 Å². The third-order valence-electron chi connectivity index (χ3n) is 2.41. The van der Waals surface area contributed by atoms with Crippen LogP contribution in [-0.4, -0.2) is 43.4 Å². The molecule has 68 valence electrons. The van der Waals surface area contributed by atoms with Crippen LogP contribution in [0.25, 0.3) is 0 Å². The Morgan fingerprint density at radius 1 is 1.33 bits per heavy atom. The molecule has 0 unspecified atom stereocenters. The summed E-state index contributed by atoms with van der Waals surface area (Å²) < 4.78 is 11.0. The lowest BCUT2D eigenvalue weighted by Gasteiger charge is -2.36.